The van der Waals surface area contributed by atoms with Crippen LogP contribution in [-0.4, -0.2) is 18.3 Å². The predicted molar refractivity (Wildman–Crippen MR) is 92.1 cm³/mol. The number of nitrogens with one attached hydrogen (secondary N) is 1. The topological polar surface area (TPSA) is 38.0 Å². The molecule has 0 radical (unpaired) electrons. The summed E-state index contributed by atoms with van der Waals surface area (Å²) in [6, 6.07) is 3.79. The molecule has 1 aromatic rings. The highest BCUT2D eigenvalue weighted by molar-refractivity contribution is 7.98. The fourth-order valence-corrected chi connectivity index (χ4v) is 2.69. The van der Waals surface area contributed by atoms with E-state index < -0.39 is 0 Å². The predicted octanol–water partition coefficient (Wildman–Crippen LogP) is 4.79. The van der Waals surface area contributed by atoms with Crippen LogP contribution in [0.1, 0.15) is 31.6 Å². The Morgan fingerprint density at radius 3 is 2.11 bits per heavy atom. The molecule has 0 aliphatic carbocycles. The number of rotatable bonds is 4. The lowest BCUT2D eigenvalue weighted by molar-refractivity contribution is 0.428. The first-order valence-electron chi connectivity index (χ1n) is 5.77. The van der Waals surface area contributed by atoms with E-state index in [1.807, 2.05) is 12.1 Å². The Labute approximate surface area is 136 Å². The minimum absolute atomic E-state index is 0. The zero-order chi connectivity index (χ0) is 13.9. The summed E-state index contributed by atoms with van der Waals surface area (Å²) in [6.45, 7) is 7.30. The van der Waals surface area contributed by atoms with Crippen molar-refractivity contribution in [1.29, 1.82) is 0 Å². The van der Waals surface area contributed by atoms with Gasteiger partial charge in [-0.1, -0.05) is 23.2 Å². The average molecular weight is 344 g/mol. The quantitative estimate of drug-likeness (QED) is 0.772. The highest BCUT2D eigenvalue weighted by Crippen LogP contribution is 2.35. The van der Waals surface area contributed by atoms with Gasteiger partial charge in [-0.3, -0.25) is 0 Å². The summed E-state index contributed by atoms with van der Waals surface area (Å²) in [5.41, 5.74) is 7.39. The molecule has 0 bridgehead atoms. The monoisotopic (exact) mass is 342 g/mol. The number of nitrogen functional groups attached to an aromatic ring is 1. The Bertz CT molecular complexity index is 396. The van der Waals surface area contributed by atoms with E-state index in [2.05, 4.69) is 32.3 Å². The van der Waals surface area contributed by atoms with Gasteiger partial charge >= 0.3 is 0 Å². The first-order chi connectivity index (χ1) is 8.24. The summed E-state index contributed by atoms with van der Waals surface area (Å²) in [4.78, 5) is 0. The molecule has 6 heteroatoms. The Balaban J connectivity index is 0.00000324. The number of anilines is 1. The molecule has 1 aromatic carbocycles. The van der Waals surface area contributed by atoms with E-state index in [9.17, 15) is 0 Å². The van der Waals surface area contributed by atoms with Crippen molar-refractivity contribution in [1.82, 2.24) is 5.32 Å². The van der Waals surface area contributed by atoms with Crippen LogP contribution in [-0.2, 0) is 0 Å². The molecule has 0 aromatic heterocycles. The van der Waals surface area contributed by atoms with Crippen LogP contribution in [0.3, 0.4) is 0 Å². The second-order valence-corrected chi connectivity index (χ2v) is 7.11. The maximum absolute atomic E-state index is 6.07. The average Bonchev–Trinajstić information content (AvgIpc) is 2.25. The highest BCUT2D eigenvalue weighted by atomic mass is 35.5. The standard InChI is InChI=1S/C13H20Cl2N2S.ClH/c1-13(2,3)17-7-11(18-4)8-5-9(14)12(16)10(15)6-8;/h5-6,11,17H,7,16H2,1-4H3;1H. The minimum Gasteiger partial charge on any atom is -0.396 e. The lowest BCUT2D eigenvalue weighted by atomic mass is 10.1. The van der Waals surface area contributed by atoms with Crippen LogP contribution in [0.5, 0.6) is 0 Å². The molecule has 0 aliphatic heterocycles. The van der Waals surface area contributed by atoms with Crippen molar-refractivity contribution in [3.05, 3.63) is 27.7 Å². The lowest BCUT2D eigenvalue weighted by Crippen LogP contribution is -2.38. The van der Waals surface area contributed by atoms with Crippen molar-refractivity contribution >= 4 is 53.1 Å². The van der Waals surface area contributed by atoms with Crippen molar-refractivity contribution in [2.75, 3.05) is 18.5 Å². The number of halogens is 3. The van der Waals surface area contributed by atoms with Crippen LogP contribution < -0.4 is 11.1 Å². The van der Waals surface area contributed by atoms with E-state index in [1.54, 1.807) is 11.8 Å². The Kier molecular flexibility index (Phi) is 7.93. The van der Waals surface area contributed by atoms with Gasteiger partial charge in [-0.15, -0.1) is 12.4 Å². The van der Waals surface area contributed by atoms with Crippen molar-refractivity contribution < 1.29 is 0 Å². The third kappa shape index (κ3) is 6.01. The van der Waals surface area contributed by atoms with Crippen LogP contribution in [0.4, 0.5) is 5.69 Å². The fraction of sp³-hybridized carbons (Fsp3) is 0.538. The van der Waals surface area contributed by atoms with E-state index in [0.717, 1.165) is 12.1 Å². The SMILES string of the molecule is CSC(CNC(C)(C)C)c1cc(Cl)c(N)c(Cl)c1.Cl. The van der Waals surface area contributed by atoms with E-state index in [0.29, 0.717) is 21.0 Å². The third-order valence-electron chi connectivity index (χ3n) is 2.58. The highest BCUT2D eigenvalue weighted by Gasteiger charge is 2.17. The van der Waals surface area contributed by atoms with Gasteiger partial charge in [-0.2, -0.15) is 11.8 Å². The van der Waals surface area contributed by atoms with Gasteiger partial charge in [0.05, 0.1) is 15.7 Å². The van der Waals surface area contributed by atoms with Gasteiger partial charge < -0.3 is 11.1 Å². The van der Waals surface area contributed by atoms with Gasteiger partial charge in [0.15, 0.2) is 0 Å². The van der Waals surface area contributed by atoms with Crippen LogP contribution >= 0.6 is 47.4 Å². The van der Waals surface area contributed by atoms with Crippen molar-refractivity contribution in [3.8, 4) is 0 Å². The summed E-state index contributed by atoms with van der Waals surface area (Å²) in [5.74, 6) is 0. The largest absolute Gasteiger partial charge is 0.396 e. The lowest BCUT2D eigenvalue weighted by Gasteiger charge is -2.25. The smallest absolute Gasteiger partial charge is 0.0693 e. The van der Waals surface area contributed by atoms with Crippen LogP contribution in [0, 0.1) is 0 Å². The van der Waals surface area contributed by atoms with E-state index in [4.69, 9.17) is 28.9 Å². The maximum Gasteiger partial charge on any atom is 0.0693 e. The summed E-state index contributed by atoms with van der Waals surface area (Å²) in [6.07, 6.45) is 2.08. The number of hydrogen-bond acceptors (Lipinski definition) is 3. The van der Waals surface area contributed by atoms with Crippen molar-refractivity contribution in [2.45, 2.75) is 31.6 Å². The molecule has 1 atom stereocenters. The normalized spacial score (nSPS) is 12.9. The number of benzene rings is 1. The minimum atomic E-state index is 0. The number of nitrogens with two attached hydrogens (primary N) is 1. The van der Waals surface area contributed by atoms with Gasteiger partial charge in [0.25, 0.3) is 0 Å². The third-order valence-corrected chi connectivity index (χ3v) is 4.21. The van der Waals surface area contributed by atoms with Crippen LogP contribution in [0.2, 0.25) is 10.0 Å². The molecule has 0 spiro atoms. The van der Waals surface area contributed by atoms with E-state index >= 15 is 0 Å². The summed E-state index contributed by atoms with van der Waals surface area (Å²) >= 11 is 13.9. The van der Waals surface area contributed by atoms with Gasteiger partial charge in [0.1, 0.15) is 0 Å². The first kappa shape index (κ1) is 19.2. The number of hydrogen-bond donors (Lipinski definition) is 2. The fourth-order valence-electron chi connectivity index (χ4n) is 1.53. The first-order valence-corrected chi connectivity index (χ1v) is 7.81. The zero-order valence-corrected chi connectivity index (χ0v) is 14.7. The molecule has 0 fully saturated rings. The van der Waals surface area contributed by atoms with Gasteiger partial charge in [0.2, 0.25) is 0 Å². The molecule has 0 aliphatic rings. The van der Waals surface area contributed by atoms with Crippen molar-refractivity contribution in [2.24, 2.45) is 0 Å². The molecule has 0 heterocycles. The molecule has 0 amide bonds. The molecule has 1 unspecified atom stereocenters. The van der Waals surface area contributed by atoms with Crippen molar-refractivity contribution in [3.63, 3.8) is 0 Å². The van der Waals surface area contributed by atoms with Gasteiger partial charge in [0, 0.05) is 17.3 Å². The van der Waals surface area contributed by atoms with Gasteiger partial charge in [-0.25, -0.2) is 0 Å². The molecule has 110 valence electrons. The van der Waals surface area contributed by atoms with E-state index in [-0.39, 0.29) is 17.9 Å². The molecule has 3 N–H and O–H groups in total. The van der Waals surface area contributed by atoms with E-state index in [1.165, 1.54) is 0 Å². The van der Waals surface area contributed by atoms with Crippen LogP contribution in [0.25, 0.3) is 0 Å². The molecule has 1 rings (SSSR count). The zero-order valence-electron chi connectivity index (χ0n) is 11.6. The van der Waals surface area contributed by atoms with Crippen LogP contribution in [0.15, 0.2) is 12.1 Å². The summed E-state index contributed by atoms with van der Waals surface area (Å²) < 4.78 is 0. The second-order valence-electron chi connectivity index (χ2n) is 5.25. The second kappa shape index (κ2) is 7.84. The Morgan fingerprint density at radius 1 is 1.26 bits per heavy atom. The Morgan fingerprint density at radius 2 is 1.74 bits per heavy atom. The molecule has 2 nitrogen and oxygen atoms in total. The molecular formula is C13H21Cl3N2S. The summed E-state index contributed by atoms with van der Waals surface area (Å²) in [5, 5.41) is 4.83. The molecule has 0 saturated heterocycles. The molecular weight excluding hydrogens is 323 g/mol. The molecule has 0 saturated carbocycles. The van der Waals surface area contributed by atoms with Gasteiger partial charge in [-0.05, 0) is 44.7 Å². The summed E-state index contributed by atoms with van der Waals surface area (Å²) in [7, 11) is 0. The number of thioether (sulfide) groups is 1. The molecule has 19 heavy (non-hydrogen) atoms. The maximum atomic E-state index is 6.07. The Hall–Kier alpha value is 0.200.